The summed E-state index contributed by atoms with van der Waals surface area (Å²) >= 11 is 3.52. The average Bonchev–Trinajstić information content (AvgIpc) is 2.15. The molecule has 1 aromatic carbocycles. The zero-order chi connectivity index (χ0) is 12.3. The van der Waals surface area contributed by atoms with Crippen molar-refractivity contribution in [1.29, 1.82) is 0 Å². The van der Waals surface area contributed by atoms with E-state index in [0.29, 0.717) is 12.3 Å². The topological polar surface area (TPSA) is 35.2 Å². The Hall–Kier alpha value is -0.700. The molecule has 0 aliphatic rings. The van der Waals surface area contributed by atoms with Crippen molar-refractivity contribution in [3.8, 4) is 5.75 Å². The van der Waals surface area contributed by atoms with E-state index in [9.17, 15) is 0 Å². The maximum Gasteiger partial charge on any atom is 0.156 e. The number of ether oxygens (including phenoxy) is 1. The van der Waals surface area contributed by atoms with Gasteiger partial charge in [0.2, 0.25) is 0 Å². The minimum absolute atomic E-state index is 0.0971. The Labute approximate surface area is 106 Å². The van der Waals surface area contributed by atoms with E-state index >= 15 is 0 Å². The molecule has 16 heavy (non-hydrogen) atoms. The Bertz CT molecular complexity index is 346. The number of hydrogen-bond acceptors (Lipinski definition) is 2. The van der Waals surface area contributed by atoms with Crippen LogP contribution in [0.4, 0.5) is 5.69 Å². The van der Waals surface area contributed by atoms with Crippen molar-refractivity contribution in [2.75, 3.05) is 12.3 Å². The van der Waals surface area contributed by atoms with E-state index in [-0.39, 0.29) is 5.41 Å². The van der Waals surface area contributed by atoms with E-state index in [1.165, 1.54) is 5.56 Å². The number of anilines is 1. The molecule has 0 saturated carbocycles. The Morgan fingerprint density at radius 3 is 2.38 bits per heavy atom. The monoisotopic (exact) mass is 285 g/mol. The molecule has 0 bridgehead atoms. The van der Waals surface area contributed by atoms with E-state index in [0.717, 1.165) is 16.6 Å². The molecular weight excluding hydrogens is 266 g/mol. The second-order valence-electron chi connectivity index (χ2n) is 4.97. The molecular formula is C13H20BrNO. The molecule has 0 atom stereocenters. The smallest absolute Gasteiger partial charge is 0.156 e. The first kappa shape index (κ1) is 13.4. The molecule has 0 aliphatic carbocycles. The lowest BCUT2D eigenvalue weighted by Gasteiger charge is -2.21. The molecule has 0 fully saturated rings. The molecule has 1 aromatic rings. The first-order chi connectivity index (χ1) is 7.36. The van der Waals surface area contributed by atoms with Gasteiger partial charge >= 0.3 is 0 Å². The van der Waals surface area contributed by atoms with Crippen LogP contribution < -0.4 is 10.5 Å². The van der Waals surface area contributed by atoms with Gasteiger partial charge in [-0.1, -0.05) is 27.7 Å². The van der Waals surface area contributed by atoms with E-state index in [2.05, 4.69) is 49.7 Å². The first-order valence-electron chi connectivity index (χ1n) is 5.58. The summed E-state index contributed by atoms with van der Waals surface area (Å²) in [6.07, 6.45) is 0.979. The third kappa shape index (κ3) is 3.14. The molecule has 0 aromatic heterocycles. The second-order valence-corrected chi connectivity index (χ2v) is 5.83. The highest BCUT2D eigenvalue weighted by Gasteiger charge is 2.17. The van der Waals surface area contributed by atoms with Crippen molar-refractivity contribution in [2.45, 2.75) is 39.5 Å². The van der Waals surface area contributed by atoms with Crippen LogP contribution in [0.3, 0.4) is 0 Å². The lowest BCUT2D eigenvalue weighted by molar-refractivity contribution is 0.317. The third-order valence-electron chi connectivity index (χ3n) is 2.39. The van der Waals surface area contributed by atoms with Gasteiger partial charge in [0.15, 0.2) is 5.75 Å². The highest BCUT2D eigenvalue weighted by molar-refractivity contribution is 9.10. The van der Waals surface area contributed by atoms with Crippen LogP contribution in [0.5, 0.6) is 5.75 Å². The lowest BCUT2D eigenvalue weighted by Crippen LogP contribution is -2.12. The molecule has 0 aliphatic heterocycles. The van der Waals surface area contributed by atoms with Crippen LogP contribution in [0.2, 0.25) is 0 Å². The van der Waals surface area contributed by atoms with E-state index in [1.54, 1.807) is 0 Å². The number of hydrogen-bond donors (Lipinski definition) is 1. The van der Waals surface area contributed by atoms with Gasteiger partial charge in [-0.3, -0.25) is 0 Å². The summed E-state index contributed by atoms with van der Waals surface area (Å²) in [5, 5.41) is 0. The number of benzene rings is 1. The van der Waals surface area contributed by atoms with Gasteiger partial charge in [-0.25, -0.2) is 0 Å². The maximum atomic E-state index is 6.00. The van der Waals surface area contributed by atoms with Gasteiger partial charge in [-0.15, -0.1) is 0 Å². The molecule has 0 radical (unpaired) electrons. The minimum Gasteiger partial charge on any atom is -0.490 e. The summed E-state index contributed by atoms with van der Waals surface area (Å²) in [4.78, 5) is 0. The summed E-state index contributed by atoms with van der Waals surface area (Å²) in [5.74, 6) is 0.759. The third-order valence-corrected chi connectivity index (χ3v) is 2.98. The van der Waals surface area contributed by atoms with Crippen molar-refractivity contribution in [1.82, 2.24) is 0 Å². The van der Waals surface area contributed by atoms with Crippen molar-refractivity contribution in [3.63, 3.8) is 0 Å². The standard InChI is InChI=1S/C13H20BrNO/c1-5-6-16-12-10(14)7-9(8-11(12)15)13(2,3)4/h7-8H,5-6,15H2,1-4H3. The highest BCUT2D eigenvalue weighted by atomic mass is 79.9. The average molecular weight is 286 g/mol. The van der Waals surface area contributed by atoms with Gasteiger partial charge in [0.05, 0.1) is 16.8 Å². The summed E-state index contributed by atoms with van der Waals surface area (Å²) < 4.78 is 6.55. The van der Waals surface area contributed by atoms with Crippen LogP contribution in [-0.4, -0.2) is 6.61 Å². The second kappa shape index (κ2) is 5.09. The van der Waals surface area contributed by atoms with Crippen LogP contribution in [0.1, 0.15) is 39.7 Å². The Morgan fingerprint density at radius 2 is 1.94 bits per heavy atom. The van der Waals surface area contributed by atoms with E-state index < -0.39 is 0 Å². The highest BCUT2D eigenvalue weighted by Crippen LogP contribution is 2.36. The summed E-state index contributed by atoms with van der Waals surface area (Å²) in [6, 6.07) is 4.08. The van der Waals surface area contributed by atoms with Crippen LogP contribution in [0.25, 0.3) is 0 Å². The fourth-order valence-electron chi connectivity index (χ4n) is 1.40. The molecule has 3 heteroatoms. The van der Waals surface area contributed by atoms with E-state index in [4.69, 9.17) is 10.5 Å². The van der Waals surface area contributed by atoms with Crippen molar-refractivity contribution in [3.05, 3.63) is 22.2 Å². The predicted molar refractivity (Wildman–Crippen MR) is 73.0 cm³/mol. The fraction of sp³-hybridized carbons (Fsp3) is 0.538. The van der Waals surface area contributed by atoms with Crippen LogP contribution >= 0.6 is 15.9 Å². The van der Waals surface area contributed by atoms with Crippen molar-refractivity contribution >= 4 is 21.6 Å². The van der Waals surface area contributed by atoms with Crippen molar-refractivity contribution in [2.24, 2.45) is 0 Å². The minimum atomic E-state index is 0.0971. The molecule has 0 unspecified atom stereocenters. The Kier molecular flexibility index (Phi) is 4.25. The zero-order valence-corrected chi connectivity index (χ0v) is 12.0. The maximum absolute atomic E-state index is 6.00. The van der Waals surface area contributed by atoms with Crippen LogP contribution in [0.15, 0.2) is 16.6 Å². The number of rotatable bonds is 3. The molecule has 0 saturated heterocycles. The summed E-state index contributed by atoms with van der Waals surface area (Å²) in [6.45, 7) is 9.27. The SMILES string of the molecule is CCCOc1c(N)cc(C(C)(C)C)cc1Br. The van der Waals surface area contributed by atoms with Gasteiger partial charge in [-0.05, 0) is 45.5 Å². The van der Waals surface area contributed by atoms with Crippen LogP contribution in [-0.2, 0) is 5.41 Å². The first-order valence-corrected chi connectivity index (χ1v) is 6.38. The molecule has 0 spiro atoms. The van der Waals surface area contributed by atoms with Crippen molar-refractivity contribution < 1.29 is 4.74 Å². The molecule has 0 heterocycles. The molecule has 2 nitrogen and oxygen atoms in total. The molecule has 1 rings (SSSR count). The molecule has 90 valence electrons. The van der Waals surface area contributed by atoms with Crippen LogP contribution in [0, 0.1) is 0 Å². The molecule has 2 N–H and O–H groups in total. The number of nitrogen functional groups attached to an aromatic ring is 1. The van der Waals surface area contributed by atoms with E-state index in [1.807, 2.05) is 6.07 Å². The largest absolute Gasteiger partial charge is 0.490 e. The van der Waals surface area contributed by atoms with Gasteiger partial charge < -0.3 is 10.5 Å². The normalized spacial score (nSPS) is 11.6. The van der Waals surface area contributed by atoms with Gasteiger partial charge in [0.1, 0.15) is 0 Å². The summed E-state index contributed by atoms with van der Waals surface area (Å²) in [5.41, 5.74) is 8.01. The van der Waals surface area contributed by atoms with Gasteiger partial charge in [-0.2, -0.15) is 0 Å². The van der Waals surface area contributed by atoms with Gasteiger partial charge in [0.25, 0.3) is 0 Å². The fourth-order valence-corrected chi connectivity index (χ4v) is 1.99. The number of halogens is 1. The lowest BCUT2D eigenvalue weighted by atomic mass is 9.87. The predicted octanol–water partition coefficient (Wildman–Crippen LogP) is 4.12. The molecule has 0 amide bonds. The number of nitrogens with two attached hydrogens (primary N) is 1. The quantitative estimate of drug-likeness (QED) is 0.848. The van der Waals surface area contributed by atoms with Gasteiger partial charge in [0, 0.05) is 0 Å². The Morgan fingerprint density at radius 1 is 1.31 bits per heavy atom. The summed E-state index contributed by atoms with van der Waals surface area (Å²) in [7, 11) is 0. The Balaban J connectivity index is 3.08. The zero-order valence-electron chi connectivity index (χ0n) is 10.4.